The minimum atomic E-state index is 0.761. The smallest absolute Gasteiger partial charge is 0.0730 e. The second-order valence-corrected chi connectivity index (χ2v) is 3.89. The first-order valence-corrected chi connectivity index (χ1v) is 5.01. The monoisotopic (exact) mass is 226 g/mol. The molecule has 1 aliphatic heterocycles. The van der Waals surface area contributed by atoms with Crippen LogP contribution in [0.4, 0.5) is 0 Å². The van der Waals surface area contributed by atoms with Crippen molar-refractivity contribution in [3.63, 3.8) is 0 Å². The van der Waals surface area contributed by atoms with Gasteiger partial charge in [0.2, 0.25) is 0 Å². The van der Waals surface area contributed by atoms with Crippen LogP contribution in [0.25, 0.3) is 0 Å². The minimum Gasteiger partial charge on any atom is -0.377 e. The lowest BCUT2D eigenvalue weighted by Gasteiger charge is -2.06. The van der Waals surface area contributed by atoms with Gasteiger partial charge in [0.05, 0.1) is 6.61 Å². The van der Waals surface area contributed by atoms with E-state index in [1.165, 1.54) is 15.6 Å². The Labute approximate surface area is 80.9 Å². The number of hydrogen-bond acceptors (Lipinski definition) is 1. The van der Waals surface area contributed by atoms with E-state index in [4.69, 9.17) is 4.74 Å². The Morgan fingerprint density at radius 1 is 1.33 bits per heavy atom. The number of aryl methyl sites for hydroxylation is 1. The van der Waals surface area contributed by atoms with Gasteiger partial charge in [0.15, 0.2) is 0 Å². The molecule has 0 radical (unpaired) electrons. The summed E-state index contributed by atoms with van der Waals surface area (Å²) in [6.45, 7) is 1.65. The molecule has 1 heterocycles. The van der Waals surface area contributed by atoms with E-state index < -0.39 is 0 Å². The molecule has 1 nitrogen and oxygen atoms in total. The number of ether oxygens (including phenoxy) is 1. The fourth-order valence-electron chi connectivity index (χ4n) is 1.54. The summed E-state index contributed by atoms with van der Waals surface area (Å²) in [6, 6.07) is 6.36. The number of benzene rings is 1. The molecule has 0 saturated heterocycles. The van der Waals surface area contributed by atoms with E-state index in [0.717, 1.165) is 26.1 Å². The van der Waals surface area contributed by atoms with Crippen molar-refractivity contribution in [2.45, 2.75) is 19.4 Å². The average Bonchev–Trinajstić information content (AvgIpc) is 2.30. The summed E-state index contributed by atoms with van der Waals surface area (Å²) in [5.74, 6) is 0. The molecule has 0 atom stereocenters. The lowest BCUT2D eigenvalue weighted by Crippen LogP contribution is -1.92. The van der Waals surface area contributed by atoms with Gasteiger partial charge >= 0.3 is 0 Å². The lowest BCUT2D eigenvalue weighted by molar-refractivity contribution is 0.124. The van der Waals surface area contributed by atoms with Crippen molar-refractivity contribution >= 4 is 15.9 Å². The van der Waals surface area contributed by atoms with E-state index in [1.807, 2.05) is 0 Å². The topological polar surface area (TPSA) is 9.23 Å². The highest BCUT2D eigenvalue weighted by molar-refractivity contribution is 9.10. The maximum Gasteiger partial charge on any atom is 0.0730 e. The molecule has 1 aromatic rings. The molecule has 0 fully saturated rings. The van der Waals surface area contributed by atoms with Crippen LogP contribution >= 0.6 is 15.9 Å². The quantitative estimate of drug-likeness (QED) is 0.662. The molecule has 0 aliphatic carbocycles. The van der Waals surface area contributed by atoms with Crippen molar-refractivity contribution in [1.29, 1.82) is 0 Å². The van der Waals surface area contributed by atoms with Crippen LogP contribution in [0.2, 0.25) is 0 Å². The third kappa shape index (κ3) is 1.54. The van der Waals surface area contributed by atoms with E-state index in [-0.39, 0.29) is 0 Å². The van der Waals surface area contributed by atoms with Crippen LogP contribution in [0, 0.1) is 0 Å². The first kappa shape index (κ1) is 8.27. The summed E-state index contributed by atoms with van der Waals surface area (Å²) in [4.78, 5) is 0. The predicted molar refractivity (Wildman–Crippen MR) is 52.1 cm³/mol. The summed E-state index contributed by atoms with van der Waals surface area (Å²) < 4.78 is 6.65. The lowest BCUT2D eigenvalue weighted by atomic mass is 10.0. The Balaban J connectivity index is 2.42. The van der Waals surface area contributed by atoms with Crippen molar-refractivity contribution in [2.24, 2.45) is 0 Å². The van der Waals surface area contributed by atoms with Crippen LogP contribution in [-0.4, -0.2) is 6.61 Å². The Hall–Kier alpha value is -0.340. The van der Waals surface area contributed by atoms with Crippen LogP contribution in [0.5, 0.6) is 0 Å². The normalized spacial score (nSPS) is 16.8. The molecule has 64 valence electrons. The standard InChI is InChI=1S/C10H11BrO/c11-10-5-1-3-8-4-2-6-12-7-9(8)10/h1,3,5H,2,4,6-7H2. The summed E-state index contributed by atoms with van der Waals surface area (Å²) in [7, 11) is 0. The van der Waals surface area contributed by atoms with Crippen molar-refractivity contribution in [1.82, 2.24) is 0 Å². The molecule has 0 saturated carbocycles. The Kier molecular flexibility index (Phi) is 2.47. The van der Waals surface area contributed by atoms with Gasteiger partial charge in [0, 0.05) is 11.1 Å². The maximum atomic E-state index is 5.47. The molecule has 2 heteroatoms. The van der Waals surface area contributed by atoms with E-state index in [1.54, 1.807) is 0 Å². The Morgan fingerprint density at radius 2 is 2.25 bits per heavy atom. The summed E-state index contributed by atoms with van der Waals surface area (Å²) in [5, 5.41) is 0. The van der Waals surface area contributed by atoms with Crippen molar-refractivity contribution in [3.8, 4) is 0 Å². The molecule has 0 N–H and O–H groups in total. The zero-order valence-corrected chi connectivity index (χ0v) is 8.43. The fraction of sp³-hybridized carbons (Fsp3) is 0.400. The van der Waals surface area contributed by atoms with Gasteiger partial charge in [-0.25, -0.2) is 0 Å². The number of fused-ring (bicyclic) bond motifs is 1. The Morgan fingerprint density at radius 3 is 3.17 bits per heavy atom. The van der Waals surface area contributed by atoms with E-state index >= 15 is 0 Å². The van der Waals surface area contributed by atoms with Crippen LogP contribution in [0.1, 0.15) is 17.5 Å². The van der Waals surface area contributed by atoms with Crippen LogP contribution in [0.3, 0.4) is 0 Å². The zero-order chi connectivity index (χ0) is 8.39. The van der Waals surface area contributed by atoms with Gasteiger partial charge in [-0.2, -0.15) is 0 Å². The van der Waals surface area contributed by atoms with Crippen LogP contribution in [-0.2, 0) is 17.8 Å². The summed E-state index contributed by atoms with van der Waals surface area (Å²) in [5.41, 5.74) is 2.76. The molecule has 2 rings (SSSR count). The zero-order valence-electron chi connectivity index (χ0n) is 6.85. The SMILES string of the molecule is Brc1cccc2c1COCCC2. The molecule has 12 heavy (non-hydrogen) atoms. The Bertz CT molecular complexity index is 283. The van der Waals surface area contributed by atoms with Gasteiger partial charge in [0.1, 0.15) is 0 Å². The summed E-state index contributed by atoms with van der Waals surface area (Å²) in [6.07, 6.45) is 2.29. The highest BCUT2D eigenvalue weighted by Gasteiger charge is 2.09. The molecule has 0 bridgehead atoms. The minimum absolute atomic E-state index is 0.761. The molecular weight excluding hydrogens is 216 g/mol. The summed E-state index contributed by atoms with van der Waals surface area (Å²) >= 11 is 3.54. The van der Waals surface area contributed by atoms with Gasteiger partial charge in [-0.3, -0.25) is 0 Å². The first-order valence-electron chi connectivity index (χ1n) is 4.22. The predicted octanol–water partition coefficient (Wildman–Crippen LogP) is 2.91. The van der Waals surface area contributed by atoms with Gasteiger partial charge < -0.3 is 4.74 Å². The highest BCUT2D eigenvalue weighted by atomic mass is 79.9. The molecule has 1 aromatic carbocycles. The first-order chi connectivity index (χ1) is 5.88. The molecule has 0 amide bonds. The van der Waals surface area contributed by atoms with Gasteiger partial charge in [-0.15, -0.1) is 0 Å². The molecule has 0 aromatic heterocycles. The largest absolute Gasteiger partial charge is 0.377 e. The molecule has 1 aliphatic rings. The second-order valence-electron chi connectivity index (χ2n) is 3.03. The van der Waals surface area contributed by atoms with Crippen LogP contribution in [0.15, 0.2) is 22.7 Å². The van der Waals surface area contributed by atoms with Crippen LogP contribution < -0.4 is 0 Å². The number of hydrogen-bond donors (Lipinski definition) is 0. The fourth-order valence-corrected chi connectivity index (χ4v) is 2.06. The maximum absolute atomic E-state index is 5.47. The van der Waals surface area contributed by atoms with Gasteiger partial charge in [0.25, 0.3) is 0 Å². The van der Waals surface area contributed by atoms with E-state index in [2.05, 4.69) is 34.1 Å². The third-order valence-corrected chi connectivity index (χ3v) is 2.94. The average molecular weight is 227 g/mol. The number of halogens is 1. The van der Waals surface area contributed by atoms with Crippen molar-refractivity contribution in [3.05, 3.63) is 33.8 Å². The highest BCUT2D eigenvalue weighted by Crippen LogP contribution is 2.24. The van der Waals surface area contributed by atoms with Gasteiger partial charge in [-0.1, -0.05) is 28.1 Å². The van der Waals surface area contributed by atoms with Crippen molar-refractivity contribution < 1.29 is 4.74 Å². The van der Waals surface area contributed by atoms with E-state index in [0.29, 0.717) is 0 Å². The molecular formula is C10H11BrO. The van der Waals surface area contributed by atoms with Crippen molar-refractivity contribution in [2.75, 3.05) is 6.61 Å². The number of rotatable bonds is 0. The van der Waals surface area contributed by atoms with E-state index in [9.17, 15) is 0 Å². The second kappa shape index (κ2) is 3.58. The molecule has 0 unspecified atom stereocenters. The molecule has 0 spiro atoms. The van der Waals surface area contributed by atoms with Gasteiger partial charge in [-0.05, 0) is 30.0 Å². The third-order valence-electron chi connectivity index (χ3n) is 2.20.